The lowest BCUT2D eigenvalue weighted by Gasteiger charge is -2.21. The highest BCUT2D eigenvalue weighted by Crippen LogP contribution is 2.41. The maximum absolute atomic E-state index is 12.0. The minimum absolute atomic E-state index is 2.03. The third kappa shape index (κ3) is 2.43. The molecule has 0 radical (unpaired) electrons. The molecule has 0 saturated carbocycles. The average molecular weight is 245 g/mol. The summed E-state index contributed by atoms with van der Waals surface area (Å²) in [6.07, 6.45) is -16.5. The Bertz CT molecular complexity index is 191. The standard InChI is InChI=1S/C5H3ClF6O2/c6-3-13-1(4(7,8)9)2(14-3)5(10,11)12/h1-3H. The minimum atomic E-state index is -5.16. The van der Waals surface area contributed by atoms with Gasteiger partial charge in [0.2, 0.25) is 5.75 Å². The molecule has 1 aliphatic heterocycles. The van der Waals surface area contributed by atoms with Gasteiger partial charge >= 0.3 is 12.4 Å². The molecule has 0 aliphatic carbocycles. The van der Waals surface area contributed by atoms with Crippen molar-refractivity contribution >= 4 is 11.6 Å². The topological polar surface area (TPSA) is 18.5 Å². The molecule has 0 aromatic carbocycles. The van der Waals surface area contributed by atoms with Gasteiger partial charge in [-0.25, -0.2) is 0 Å². The Balaban J connectivity index is 2.84. The maximum Gasteiger partial charge on any atom is 0.417 e. The summed E-state index contributed by atoms with van der Waals surface area (Å²) in [5.41, 5.74) is 0. The summed E-state index contributed by atoms with van der Waals surface area (Å²) in [4.78, 5) is 0. The summed E-state index contributed by atoms with van der Waals surface area (Å²) in [6.45, 7) is 0. The van der Waals surface area contributed by atoms with Crippen LogP contribution in [-0.2, 0) is 9.47 Å². The molecule has 2 unspecified atom stereocenters. The van der Waals surface area contributed by atoms with Gasteiger partial charge in [0.1, 0.15) is 0 Å². The van der Waals surface area contributed by atoms with Crippen LogP contribution in [0, 0.1) is 0 Å². The van der Waals surface area contributed by atoms with Crippen LogP contribution in [0.2, 0.25) is 0 Å². The van der Waals surface area contributed by atoms with Crippen LogP contribution in [0.25, 0.3) is 0 Å². The summed E-state index contributed by atoms with van der Waals surface area (Å²) in [5.74, 6) is -2.03. The second kappa shape index (κ2) is 3.42. The molecule has 1 aliphatic rings. The molecule has 1 saturated heterocycles. The Morgan fingerprint density at radius 3 is 1.29 bits per heavy atom. The Hall–Kier alpha value is -0.210. The first-order valence-corrected chi connectivity index (χ1v) is 3.64. The fourth-order valence-corrected chi connectivity index (χ4v) is 1.12. The van der Waals surface area contributed by atoms with E-state index in [-0.39, 0.29) is 0 Å². The smallest absolute Gasteiger partial charge is 0.324 e. The molecule has 0 N–H and O–H groups in total. The summed E-state index contributed by atoms with van der Waals surface area (Å²) in [5, 5.41) is 0. The van der Waals surface area contributed by atoms with E-state index < -0.39 is 30.3 Å². The summed E-state index contributed by atoms with van der Waals surface area (Å²) < 4.78 is 79.2. The van der Waals surface area contributed by atoms with Crippen LogP contribution in [-0.4, -0.2) is 30.3 Å². The van der Waals surface area contributed by atoms with Crippen molar-refractivity contribution < 1.29 is 35.8 Å². The van der Waals surface area contributed by atoms with E-state index in [2.05, 4.69) is 9.47 Å². The number of rotatable bonds is 0. The molecule has 0 aromatic heterocycles. The van der Waals surface area contributed by atoms with Crippen LogP contribution >= 0.6 is 11.6 Å². The maximum atomic E-state index is 12.0. The second-order valence-corrected chi connectivity index (χ2v) is 2.83. The van der Waals surface area contributed by atoms with E-state index in [0.717, 1.165) is 0 Å². The number of halogens is 7. The van der Waals surface area contributed by atoms with Crippen molar-refractivity contribution in [2.45, 2.75) is 30.3 Å². The lowest BCUT2D eigenvalue weighted by atomic mass is 10.2. The molecule has 1 fully saturated rings. The molecule has 1 heterocycles. The summed E-state index contributed by atoms with van der Waals surface area (Å²) in [6, 6.07) is 0. The zero-order valence-electron chi connectivity index (χ0n) is 6.19. The number of hydrogen-bond donors (Lipinski definition) is 0. The van der Waals surface area contributed by atoms with E-state index in [0.29, 0.717) is 0 Å². The molecule has 0 amide bonds. The molecular formula is C5H3ClF6O2. The van der Waals surface area contributed by atoms with E-state index in [4.69, 9.17) is 11.6 Å². The van der Waals surface area contributed by atoms with Crippen molar-refractivity contribution in [2.75, 3.05) is 0 Å². The zero-order valence-corrected chi connectivity index (χ0v) is 6.95. The molecule has 1 rings (SSSR count). The van der Waals surface area contributed by atoms with Crippen molar-refractivity contribution in [2.24, 2.45) is 0 Å². The van der Waals surface area contributed by atoms with Crippen molar-refractivity contribution in [3.8, 4) is 0 Å². The predicted octanol–water partition coefficient (Wildman–Crippen LogP) is 2.42. The highest BCUT2D eigenvalue weighted by molar-refractivity contribution is 6.18. The normalized spacial score (nSPS) is 34.9. The zero-order chi connectivity index (χ0) is 11.1. The summed E-state index contributed by atoms with van der Waals surface area (Å²) in [7, 11) is 0. The number of hydrogen-bond acceptors (Lipinski definition) is 2. The summed E-state index contributed by atoms with van der Waals surface area (Å²) >= 11 is 4.87. The van der Waals surface area contributed by atoms with Crippen LogP contribution in [0.15, 0.2) is 0 Å². The van der Waals surface area contributed by atoms with Crippen molar-refractivity contribution in [1.29, 1.82) is 0 Å². The molecule has 84 valence electrons. The van der Waals surface area contributed by atoms with Gasteiger partial charge in [-0.15, -0.1) is 0 Å². The predicted molar refractivity (Wildman–Crippen MR) is 31.5 cm³/mol. The van der Waals surface area contributed by atoms with Crippen LogP contribution in [0.1, 0.15) is 0 Å². The van der Waals surface area contributed by atoms with E-state index in [1.807, 2.05) is 0 Å². The molecular weight excluding hydrogens is 241 g/mol. The number of ether oxygens (including phenoxy) is 2. The van der Waals surface area contributed by atoms with Gasteiger partial charge < -0.3 is 9.47 Å². The monoisotopic (exact) mass is 244 g/mol. The van der Waals surface area contributed by atoms with E-state index in [1.54, 1.807) is 0 Å². The lowest BCUT2D eigenvalue weighted by molar-refractivity contribution is -0.260. The van der Waals surface area contributed by atoms with Gasteiger partial charge in [-0.1, -0.05) is 11.6 Å². The van der Waals surface area contributed by atoms with E-state index >= 15 is 0 Å². The van der Waals surface area contributed by atoms with Gasteiger partial charge in [0.05, 0.1) is 0 Å². The quantitative estimate of drug-likeness (QED) is 0.481. The van der Waals surface area contributed by atoms with Crippen LogP contribution < -0.4 is 0 Å². The molecule has 9 heteroatoms. The average Bonchev–Trinajstić information content (AvgIpc) is 2.27. The Labute approximate surface area is 78.7 Å². The van der Waals surface area contributed by atoms with Gasteiger partial charge in [-0.3, -0.25) is 0 Å². The fourth-order valence-electron chi connectivity index (χ4n) is 0.903. The first kappa shape index (κ1) is 11.9. The van der Waals surface area contributed by atoms with Gasteiger partial charge in [0, 0.05) is 0 Å². The van der Waals surface area contributed by atoms with Gasteiger partial charge in [0.15, 0.2) is 12.2 Å². The largest absolute Gasteiger partial charge is 0.417 e. The minimum Gasteiger partial charge on any atom is -0.324 e. The van der Waals surface area contributed by atoms with Crippen LogP contribution in [0.3, 0.4) is 0 Å². The van der Waals surface area contributed by atoms with Gasteiger partial charge in [-0.05, 0) is 0 Å². The van der Waals surface area contributed by atoms with Crippen molar-refractivity contribution in [3.63, 3.8) is 0 Å². The highest BCUT2D eigenvalue weighted by atomic mass is 35.5. The molecule has 2 nitrogen and oxygen atoms in total. The fraction of sp³-hybridized carbons (Fsp3) is 1.00. The molecule has 0 bridgehead atoms. The lowest BCUT2D eigenvalue weighted by Crippen LogP contribution is -2.45. The Morgan fingerprint density at radius 1 is 0.786 bits per heavy atom. The van der Waals surface area contributed by atoms with Crippen molar-refractivity contribution in [1.82, 2.24) is 0 Å². The second-order valence-electron chi connectivity index (χ2n) is 2.47. The first-order valence-electron chi connectivity index (χ1n) is 3.21. The van der Waals surface area contributed by atoms with E-state index in [1.165, 1.54) is 0 Å². The third-order valence-electron chi connectivity index (χ3n) is 1.43. The Kier molecular flexibility index (Phi) is 2.90. The Morgan fingerprint density at radius 2 is 1.07 bits per heavy atom. The third-order valence-corrected chi connectivity index (χ3v) is 1.63. The van der Waals surface area contributed by atoms with Crippen molar-refractivity contribution in [3.05, 3.63) is 0 Å². The van der Waals surface area contributed by atoms with Gasteiger partial charge in [0.25, 0.3) is 0 Å². The first-order chi connectivity index (χ1) is 6.12. The molecule has 2 atom stereocenters. The molecule has 0 spiro atoms. The van der Waals surface area contributed by atoms with Crippen LogP contribution in [0.5, 0.6) is 0 Å². The highest BCUT2D eigenvalue weighted by Gasteiger charge is 2.62. The number of alkyl halides is 7. The molecule has 14 heavy (non-hydrogen) atoms. The SMILES string of the molecule is FC(F)(F)C1OC(Cl)OC1C(F)(F)F. The van der Waals surface area contributed by atoms with E-state index in [9.17, 15) is 26.3 Å². The molecule has 0 aromatic rings. The van der Waals surface area contributed by atoms with Gasteiger partial charge in [-0.2, -0.15) is 26.3 Å². The van der Waals surface area contributed by atoms with Crippen LogP contribution in [0.4, 0.5) is 26.3 Å².